The van der Waals surface area contributed by atoms with Gasteiger partial charge in [-0.15, -0.1) is 0 Å². The molecule has 0 fully saturated rings. The Morgan fingerprint density at radius 1 is 1.31 bits per heavy atom. The van der Waals surface area contributed by atoms with Crippen molar-refractivity contribution in [2.24, 2.45) is 0 Å². The minimum absolute atomic E-state index is 0.391. The number of aromatic carboxylic acids is 1. The van der Waals surface area contributed by atoms with E-state index >= 15 is 0 Å². The molecule has 0 bridgehead atoms. The zero-order chi connectivity index (χ0) is 12.3. The molecule has 1 N–H and O–H groups in total. The van der Waals surface area contributed by atoms with E-state index in [0.717, 1.165) is 12.1 Å². The second-order valence-electron chi connectivity index (χ2n) is 2.75. The lowest BCUT2D eigenvalue weighted by atomic mass is 10.2. The van der Waals surface area contributed by atoms with E-state index in [2.05, 4.69) is 4.74 Å². The minimum atomic E-state index is -3.40. The molecule has 1 aromatic carbocycles. The number of ether oxygens (including phenoxy) is 1. The number of hydrogen-bond acceptors (Lipinski definition) is 2. The molecule has 16 heavy (non-hydrogen) atoms. The summed E-state index contributed by atoms with van der Waals surface area (Å²) in [6, 6.07) is 2.24. The fourth-order valence-corrected chi connectivity index (χ4v) is 0.902. The van der Waals surface area contributed by atoms with Crippen LogP contribution in [0.3, 0.4) is 0 Å². The molecule has 0 radical (unpaired) electrons. The third kappa shape index (κ3) is 2.85. The number of carboxylic acids is 1. The largest absolute Gasteiger partial charge is 0.478 e. The van der Waals surface area contributed by atoms with Crippen LogP contribution in [-0.4, -0.2) is 23.9 Å². The quantitative estimate of drug-likeness (QED) is 0.819. The van der Waals surface area contributed by atoms with Crippen LogP contribution in [0.25, 0.3) is 0 Å². The van der Waals surface area contributed by atoms with Crippen molar-refractivity contribution in [3.05, 3.63) is 29.6 Å². The van der Waals surface area contributed by atoms with E-state index in [9.17, 15) is 22.4 Å². The van der Waals surface area contributed by atoms with Crippen LogP contribution in [0.1, 0.15) is 10.4 Å². The molecule has 0 aliphatic rings. The van der Waals surface area contributed by atoms with Gasteiger partial charge < -0.3 is 9.84 Å². The lowest BCUT2D eigenvalue weighted by Gasteiger charge is -2.11. The molecular formula is C9H6F4O3. The van der Waals surface area contributed by atoms with Crippen LogP contribution in [0.5, 0.6) is 5.75 Å². The Hall–Kier alpha value is -1.79. The van der Waals surface area contributed by atoms with Crippen molar-refractivity contribution in [3.63, 3.8) is 0 Å². The zero-order valence-electron chi connectivity index (χ0n) is 7.66. The molecule has 0 aliphatic carbocycles. The van der Waals surface area contributed by atoms with Crippen molar-refractivity contribution in [1.29, 1.82) is 0 Å². The molecule has 1 unspecified atom stereocenters. The maximum Gasteiger partial charge on any atom is 0.335 e. The predicted molar refractivity (Wildman–Crippen MR) is 44.9 cm³/mol. The summed E-state index contributed by atoms with van der Waals surface area (Å²) in [5.74, 6) is -3.38. The molecule has 1 rings (SSSR count). The number of rotatable bonds is 4. The first-order valence-corrected chi connectivity index (χ1v) is 4.03. The number of halogens is 4. The van der Waals surface area contributed by atoms with Crippen LogP contribution in [0.15, 0.2) is 18.2 Å². The number of carboxylic acid groups (broad SMARTS) is 1. The number of alkyl halides is 3. The highest BCUT2D eigenvalue weighted by Gasteiger charge is 2.22. The predicted octanol–water partition coefficient (Wildman–Crippen LogP) is 2.46. The standard InChI is InChI=1S/C9H6F4O3/c10-5-3-4(9(14)15)1-2-6(5)16-8(13)7(11)12/h1-3,7-8H,(H,14,15). The number of hydrogen-bond donors (Lipinski definition) is 1. The molecule has 0 amide bonds. The van der Waals surface area contributed by atoms with E-state index in [-0.39, 0.29) is 0 Å². The fraction of sp³-hybridized carbons (Fsp3) is 0.222. The summed E-state index contributed by atoms with van der Waals surface area (Å²) in [6.45, 7) is 0. The molecule has 0 aromatic heterocycles. The van der Waals surface area contributed by atoms with Gasteiger partial charge in [0.1, 0.15) is 0 Å². The van der Waals surface area contributed by atoms with E-state index < -0.39 is 35.9 Å². The first-order chi connectivity index (χ1) is 7.41. The Morgan fingerprint density at radius 2 is 1.94 bits per heavy atom. The van der Waals surface area contributed by atoms with Crippen molar-refractivity contribution >= 4 is 5.97 Å². The normalized spacial score (nSPS) is 12.6. The molecule has 0 saturated carbocycles. The highest BCUT2D eigenvalue weighted by molar-refractivity contribution is 5.87. The topological polar surface area (TPSA) is 46.5 Å². The Morgan fingerprint density at radius 3 is 2.38 bits per heavy atom. The fourth-order valence-electron chi connectivity index (χ4n) is 0.902. The summed E-state index contributed by atoms with van der Waals surface area (Å²) in [6.07, 6.45) is -6.36. The monoisotopic (exact) mass is 238 g/mol. The SMILES string of the molecule is O=C(O)c1ccc(OC(F)C(F)F)c(F)c1. The van der Waals surface area contributed by atoms with Gasteiger partial charge >= 0.3 is 12.4 Å². The van der Waals surface area contributed by atoms with Crippen LogP contribution in [-0.2, 0) is 0 Å². The van der Waals surface area contributed by atoms with Crippen molar-refractivity contribution in [3.8, 4) is 5.75 Å². The molecule has 1 atom stereocenters. The molecule has 3 nitrogen and oxygen atoms in total. The Kier molecular flexibility index (Phi) is 3.70. The lowest BCUT2D eigenvalue weighted by Crippen LogP contribution is -2.20. The van der Waals surface area contributed by atoms with Gasteiger partial charge in [0.25, 0.3) is 6.36 Å². The highest BCUT2D eigenvalue weighted by atomic mass is 19.3. The van der Waals surface area contributed by atoms with Crippen LogP contribution in [0.2, 0.25) is 0 Å². The van der Waals surface area contributed by atoms with Crippen molar-refractivity contribution < 1.29 is 32.2 Å². The average Bonchev–Trinajstić information content (AvgIpc) is 2.20. The van der Waals surface area contributed by atoms with Gasteiger partial charge in [0.05, 0.1) is 5.56 Å². The van der Waals surface area contributed by atoms with Gasteiger partial charge in [-0.25, -0.2) is 18.0 Å². The van der Waals surface area contributed by atoms with Crippen LogP contribution in [0.4, 0.5) is 17.6 Å². The highest BCUT2D eigenvalue weighted by Crippen LogP contribution is 2.21. The molecule has 7 heteroatoms. The number of carbonyl (C=O) groups is 1. The van der Waals surface area contributed by atoms with E-state index in [1.165, 1.54) is 0 Å². The van der Waals surface area contributed by atoms with Gasteiger partial charge in [-0.1, -0.05) is 0 Å². The molecule has 88 valence electrons. The summed E-state index contributed by atoms with van der Waals surface area (Å²) >= 11 is 0. The third-order valence-electron chi connectivity index (χ3n) is 1.62. The van der Waals surface area contributed by atoms with Crippen LogP contribution in [0, 0.1) is 5.82 Å². The summed E-state index contributed by atoms with van der Waals surface area (Å²) in [4.78, 5) is 10.4. The van der Waals surface area contributed by atoms with Gasteiger partial charge in [-0.05, 0) is 18.2 Å². The van der Waals surface area contributed by atoms with Crippen LogP contribution >= 0.6 is 0 Å². The third-order valence-corrected chi connectivity index (χ3v) is 1.62. The zero-order valence-corrected chi connectivity index (χ0v) is 7.66. The smallest absolute Gasteiger partial charge is 0.335 e. The van der Waals surface area contributed by atoms with Crippen LogP contribution < -0.4 is 4.74 Å². The van der Waals surface area contributed by atoms with E-state index in [0.29, 0.717) is 6.07 Å². The first kappa shape index (κ1) is 12.3. The van der Waals surface area contributed by atoms with E-state index in [4.69, 9.17) is 5.11 Å². The maximum absolute atomic E-state index is 13.0. The summed E-state index contributed by atoms with van der Waals surface area (Å²) in [7, 11) is 0. The summed E-state index contributed by atoms with van der Waals surface area (Å²) < 4.78 is 52.9. The maximum atomic E-state index is 13.0. The average molecular weight is 238 g/mol. The minimum Gasteiger partial charge on any atom is -0.478 e. The summed E-state index contributed by atoms with van der Waals surface area (Å²) in [5.41, 5.74) is -0.391. The molecular weight excluding hydrogens is 232 g/mol. The van der Waals surface area contributed by atoms with E-state index in [1.54, 1.807) is 0 Å². The Balaban J connectivity index is 2.87. The molecule has 0 heterocycles. The van der Waals surface area contributed by atoms with Crippen molar-refractivity contribution in [2.75, 3.05) is 0 Å². The van der Waals surface area contributed by atoms with Gasteiger partial charge in [0.2, 0.25) is 0 Å². The van der Waals surface area contributed by atoms with E-state index in [1.807, 2.05) is 0 Å². The Labute approximate surface area is 87.3 Å². The summed E-state index contributed by atoms with van der Waals surface area (Å²) in [5, 5.41) is 8.47. The van der Waals surface area contributed by atoms with Gasteiger partial charge in [-0.2, -0.15) is 4.39 Å². The second-order valence-corrected chi connectivity index (χ2v) is 2.75. The lowest BCUT2D eigenvalue weighted by molar-refractivity contribution is -0.0684. The van der Waals surface area contributed by atoms with Crippen molar-refractivity contribution in [1.82, 2.24) is 0 Å². The molecule has 0 saturated heterocycles. The Bertz CT molecular complexity index is 394. The van der Waals surface area contributed by atoms with Gasteiger partial charge in [0, 0.05) is 0 Å². The van der Waals surface area contributed by atoms with Gasteiger partial charge in [-0.3, -0.25) is 0 Å². The van der Waals surface area contributed by atoms with Gasteiger partial charge in [0.15, 0.2) is 11.6 Å². The molecule has 0 aliphatic heterocycles. The second kappa shape index (κ2) is 4.82. The number of benzene rings is 1. The molecule has 0 spiro atoms. The van der Waals surface area contributed by atoms with Crippen molar-refractivity contribution in [2.45, 2.75) is 12.8 Å². The molecule has 1 aromatic rings. The first-order valence-electron chi connectivity index (χ1n) is 4.03.